The first-order chi connectivity index (χ1) is 12.1. The van der Waals surface area contributed by atoms with Crippen molar-refractivity contribution >= 4 is 5.91 Å². The van der Waals surface area contributed by atoms with Crippen LogP contribution in [-0.4, -0.2) is 58.5 Å². The molecule has 0 radical (unpaired) electrons. The topological polar surface area (TPSA) is 70.4 Å². The van der Waals surface area contributed by atoms with Gasteiger partial charge in [-0.25, -0.2) is 0 Å². The fourth-order valence-corrected chi connectivity index (χ4v) is 3.94. The summed E-state index contributed by atoms with van der Waals surface area (Å²) in [6.45, 7) is 2.40. The third-order valence-electron chi connectivity index (χ3n) is 5.50. The van der Waals surface area contributed by atoms with E-state index in [4.69, 9.17) is 5.10 Å². The van der Waals surface area contributed by atoms with Crippen LogP contribution >= 0.6 is 0 Å². The average Bonchev–Trinajstić information content (AvgIpc) is 2.76. The van der Waals surface area contributed by atoms with Gasteiger partial charge < -0.3 is 15.3 Å². The van der Waals surface area contributed by atoms with Gasteiger partial charge in [0.05, 0.1) is 23.4 Å². The van der Waals surface area contributed by atoms with Crippen LogP contribution in [0.1, 0.15) is 11.3 Å². The van der Waals surface area contributed by atoms with Crippen molar-refractivity contribution in [1.82, 2.24) is 20.0 Å². The molecule has 1 amide bonds. The molecule has 3 heterocycles. The average molecular weight is 340 g/mol. The quantitative estimate of drug-likeness (QED) is 0.858. The summed E-state index contributed by atoms with van der Waals surface area (Å²) >= 11 is 0. The lowest BCUT2D eigenvalue weighted by atomic mass is 9.81. The van der Waals surface area contributed by atoms with Gasteiger partial charge in [0, 0.05) is 50.8 Å². The first-order valence-electron chi connectivity index (χ1n) is 8.86. The number of benzene rings is 1. The predicted molar refractivity (Wildman–Crippen MR) is 95.0 cm³/mol. The van der Waals surface area contributed by atoms with Gasteiger partial charge >= 0.3 is 0 Å². The van der Waals surface area contributed by atoms with E-state index in [1.807, 2.05) is 34.8 Å². The van der Waals surface area contributed by atoms with Crippen LogP contribution in [0.25, 0.3) is 11.3 Å². The molecule has 2 aliphatic heterocycles. The molecule has 0 bridgehead atoms. The van der Waals surface area contributed by atoms with Gasteiger partial charge in [-0.1, -0.05) is 30.3 Å². The molecule has 0 aliphatic carbocycles. The molecule has 0 saturated carbocycles. The zero-order chi connectivity index (χ0) is 17.4. The molecule has 1 saturated heterocycles. The molecule has 6 heteroatoms. The normalized spacial score (nSPS) is 19.0. The first-order valence-corrected chi connectivity index (χ1v) is 8.86. The highest BCUT2D eigenvalue weighted by Crippen LogP contribution is 2.30. The number of nitrogens with one attached hydrogen (secondary N) is 1. The number of rotatable bonds is 3. The SMILES string of the molecule is Cn1nc2c(c1-c1ccccc1)CCN(C(=O)C1(CO)CNC1)CC2. The Morgan fingerprint density at radius 2 is 1.96 bits per heavy atom. The van der Waals surface area contributed by atoms with Crippen LogP contribution in [0.2, 0.25) is 0 Å². The van der Waals surface area contributed by atoms with E-state index in [1.165, 1.54) is 5.56 Å². The summed E-state index contributed by atoms with van der Waals surface area (Å²) in [5.41, 5.74) is 4.02. The molecule has 1 aromatic heterocycles. The van der Waals surface area contributed by atoms with Crippen molar-refractivity contribution in [2.45, 2.75) is 12.8 Å². The molecule has 2 aromatic rings. The summed E-state index contributed by atoms with van der Waals surface area (Å²) in [5.74, 6) is 0.0736. The standard InChI is InChI=1S/C19H24N4O2/c1-22-17(14-5-3-2-4-6-14)15-7-9-23(10-8-16(15)21-22)18(25)19(13-24)11-20-12-19/h2-6,20,24H,7-13H2,1H3. The summed E-state index contributed by atoms with van der Waals surface area (Å²) in [7, 11) is 1.99. The van der Waals surface area contributed by atoms with Crippen molar-refractivity contribution < 1.29 is 9.90 Å². The van der Waals surface area contributed by atoms with Crippen molar-refractivity contribution in [3.63, 3.8) is 0 Å². The third-order valence-corrected chi connectivity index (χ3v) is 5.50. The summed E-state index contributed by atoms with van der Waals surface area (Å²) in [5, 5.41) is 17.5. The molecule has 4 rings (SSSR count). The van der Waals surface area contributed by atoms with E-state index >= 15 is 0 Å². The van der Waals surface area contributed by atoms with Crippen LogP contribution in [0.15, 0.2) is 30.3 Å². The number of nitrogens with zero attached hydrogens (tertiary/aromatic N) is 3. The van der Waals surface area contributed by atoms with Crippen molar-refractivity contribution in [2.24, 2.45) is 12.5 Å². The molecule has 6 nitrogen and oxygen atoms in total. The third kappa shape index (κ3) is 2.65. The van der Waals surface area contributed by atoms with E-state index in [-0.39, 0.29) is 12.5 Å². The summed E-state index contributed by atoms with van der Waals surface area (Å²) in [4.78, 5) is 14.8. The number of aliphatic hydroxyl groups excluding tert-OH is 1. The van der Waals surface area contributed by atoms with Gasteiger partial charge in [-0.2, -0.15) is 5.10 Å². The van der Waals surface area contributed by atoms with Gasteiger partial charge in [0.25, 0.3) is 0 Å². The Bertz CT molecular complexity index is 775. The van der Waals surface area contributed by atoms with Crippen molar-refractivity contribution in [3.8, 4) is 11.3 Å². The Kier molecular flexibility index (Phi) is 4.09. The lowest BCUT2D eigenvalue weighted by Gasteiger charge is -2.42. The second kappa shape index (κ2) is 6.28. The summed E-state index contributed by atoms with van der Waals surface area (Å²) in [6, 6.07) is 10.3. The van der Waals surface area contributed by atoms with E-state index in [9.17, 15) is 9.90 Å². The maximum absolute atomic E-state index is 12.9. The van der Waals surface area contributed by atoms with Gasteiger partial charge in [-0.05, 0) is 6.42 Å². The van der Waals surface area contributed by atoms with Gasteiger partial charge in [0.1, 0.15) is 0 Å². The van der Waals surface area contributed by atoms with Crippen LogP contribution in [0.4, 0.5) is 0 Å². The van der Waals surface area contributed by atoms with E-state index in [0.29, 0.717) is 26.2 Å². The van der Waals surface area contributed by atoms with Crippen molar-refractivity contribution in [1.29, 1.82) is 0 Å². The maximum atomic E-state index is 12.9. The zero-order valence-electron chi connectivity index (χ0n) is 14.5. The predicted octanol–water partition coefficient (Wildman–Crippen LogP) is 0.596. The van der Waals surface area contributed by atoms with E-state index in [2.05, 4.69) is 17.4 Å². The van der Waals surface area contributed by atoms with E-state index < -0.39 is 5.41 Å². The lowest BCUT2D eigenvalue weighted by molar-refractivity contribution is -0.148. The van der Waals surface area contributed by atoms with Crippen LogP contribution in [0, 0.1) is 5.41 Å². The number of hydrogen-bond acceptors (Lipinski definition) is 4. The van der Waals surface area contributed by atoms with Crippen molar-refractivity contribution in [2.75, 3.05) is 32.8 Å². The molecule has 25 heavy (non-hydrogen) atoms. The van der Waals surface area contributed by atoms with Crippen LogP contribution in [-0.2, 0) is 24.7 Å². The molecule has 0 unspecified atom stereocenters. The molecule has 2 N–H and O–H groups in total. The number of fused-ring (bicyclic) bond motifs is 1. The van der Waals surface area contributed by atoms with Gasteiger partial charge in [0.2, 0.25) is 5.91 Å². The minimum atomic E-state index is -0.616. The molecule has 2 aliphatic rings. The minimum Gasteiger partial charge on any atom is -0.395 e. The fraction of sp³-hybridized carbons (Fsp3) is 0.474. The lowest BCUT2D eigenvalue weighted by Crippen LogP contribution is -2.64. The largest absolute Gasteiger partial charge is 0.395 e. The monoisotopic (exact) mass is 340 g/mol. The first kappa shape index (κ1) is 16.3. The number of aryl methyl sites for hydroxylation is 1. The van der Waals surface area contributed by atoms with Gasteiger partial charge in [-0.3, -0.25) is 9.48 Å². The van der Waals surface area contributed by atoms with E-state index in [0.717, 1.165) is 29.8 Å². The summed E-state index contributed by atoms with van der Waals surface area (Å²) < 4.78 is 1.96. The molecule has 1 fully saturated rings. The minimum absolute atomic E-state index is 0.0736. The second-order valence-electron chi connectivity index (χ2n) is 7.10. The molecule has 1 aromatic carbocycles. The zero-order valence-corrected chi connectivity index (χ0v) is 14.5. The molecule has 0 spiro atoms. The van der Waals surface area contributed by atoms with Gasteiger partial charge in [-0.15, -0.1) is 0 Å². The van der Waals surface area contributed by atoms with Gasteiger partial charge in [0.15, 0.2) is 0 Å². The number of carbonyl (C=O) groups is 1. The van der Waals surface area contributed by atoms with Crippen molar-refractivity contribution in [3.05, 3.63) is 41.6 Å². The number of aliphatic hydroxyl groups is 1. The molecule has 0 atom stereocenters. The number of aromatic nitrogens is 2. The summed E-state index contributed by atoms with van der Waals surface area (Å²) in [6.07, 6.45) is 1.56. The van der Waals surface area contributed by atoms with Crippen LogP contribution < -0.4 is 5.32 Å². The highest BCUT2D eigenvalue weighted by molar-refractivity contribution is 5.84. The molecule has 132 valence electrons. The Balaban J connectivity index is 1.59. The Labute approximate surface area is 147 Å². The Hall–Kier alpha value is -2.18. The van der Waals surface area contributed by atoms with Crippen LogP contribution in [0.5, 0.6) is 0 Å². The Morgan fingerprint density at radius 1 is 1.24 bits per heavy atom. The number of hydrogen-bond donors (Lipinski definition) is 2. The molecular formula is C19H24N4O2. The highest BCUT2D eigenvalue weighted by Gasteiger charge is 2.46. The highest BCUT2D eigenvalue weighted by atomic mass is 16.3. The maximum Gasteiger partial charge on any atom is 0.233 e. The second-order valence-corrected chi connectivity index (χ2v) is 7.10. The molecular weight excluding hydrogens is 316 g/mol. The Morgan fingerprint density at radius 3 is 2.60 bits per heavy atom. The van der Waals surface area contributed by atoms with E-state index in [1.54, 1.807) is 0 Å². The number of carbonyl (C=O) groups excluding carboxylic acids is 1. The number of amides is 1. The smallest absolute Gasteiger partial charge is 0.233 e. The van der Waals surface area contributed by atoms with Crippen LogP contribution in [0.3, 0.4) is 0 Å². The fourth-order valence-electron chi connectivity index (χ4n) is 3.94.